The van der Waals surface area contributed by atoms with Crippen molar-refractivity contribution in [2.75, 3.05) is 13.6 Å². The smallest absolute Gasteiger partial charge is 0.0360 e. The summed E-state index contributed by atoms with van der Waals surface area (Å²) in [7, 11) is 1.87. The summed E-state index contributed by atoms with van der Waals surface area (Å²) >= 11 is 0. The van der Waals surface area contributed by atoms with E-state index in [-0.39, 0.29) is 0 Å². The van der Waals surface area contributed by atoms with E-state index in [0.717, 1.165) is 6.54 Å². The van der Waals surface area contributed by atoms with Crippen LogP contribution in [0.4, 0.5) is 0 Å². The minimum Gasteiger partial charge on any atom is -0.297 e. The van der Waals surface area contributed by atoms with Gasteiger partial charge in [-0.2, -0.15) is 0 Å². The molecule has 1 rings (SSSR count). The average Bonchev–Trinajstić information content (AvgIpc) is 2.52. The Balaban J connectivity index is 2.70. The van der Waals surface area contributed by atoms with Gasteiger partial charge in [-0.05, 0) is 33.1 Å². The zero-order valence-corrected chi connectivity index (χ0v) is 8.30. The predicted octanol–water partition coefficient (Wildman–Crippen LogP) is 2.34. The summed E-state index contributed by atoms with van der Waals surface area (Å²) in [5, 5.41) is 0. The van der Waals surface area contributed by atoms with Crippen LogP contribution in [0.1, 0.15) is 33.1 Å². The second kappa shape index (κ2) is 4.39. The summed E-state index contributed by atoms with van der Waals surface area (Å²) in [5.74, 6) is 0.565. The highest BCUT2D eigenvalue weighted by atomic mass is 14.8. The second-order valence-corrected chi connectivity index (χ2v) is 3.28. The fourth-order valence-corrected chi connectivity index (χ4v) is 1.83. The van der Waals surface area contributed by atoms with Crippen LogP contribution < -0.4 is 0 Å². The summed E-state index contributed by atoms with van der Waals surface area (Å²) in [6.45, 7) is 5.13. The largest absolute Gasteiger partial charge is 0.297 e. The maximum Gasteiger partial charge on any atom is 0.0360 e. The molecule has 0 aromatic carbocycles. The van der Waals surface area contributed by atoms with Crippen molar-refractivity contribution in [1.29, 1.82) is 0 Å². The Morgan fingerprint density at radius 2 is 2.33 bits per heavy atom. The first kappa shape index (κ1) is 9.43. The molecule has 0 bridgehead atoms. The van der Waals surface area contributed by atoms with Gasteiger partial charge in [0.1, 0.15) is 0 Å². The normalized spacial score (nSPS) is 28.4. The molecule has 0 saturated heterocycles. The van der Waals surface area contributed by atoms with Gasteiger partial charge in [0.2, 0.25) is 0 Å². The van der Waals surface area contributed by atoms with Crippen LogP contribution in [0.2, 0.25) is 0 Å². The fourth-order valence-electron chi connectivity index (χ4n) is 1.83. The van der Waals surface area contributed by atoms with Crippen LogP contribution in [0.25, 0.3) is 0 Å². The quantitative estimate of drug-likeness (QED) is 0.562. The third kappa shape index (κ3) is 1.93. The van der Waals surface area contributed by atoms with Gasteiger partial charge in [-0.3, -0.25) is 9.98 Å². The SMILES string of the molecule is CCN=C1CCCC1C(C)=NC. The summed E-state index contributed by atoms with van der Waals surface area (Å²) < 4.78 is 0. The van der Waals surface area contributed by atoms with E-state index >= 15 is 0 Å². The Morgan fingerprint density at radius 1 is 1.58 bits per heavy atom. The molecule has 68 valence electrons. The monoisotopic (exact) mass is 166 g/mol. The summed E-state index contributed by atoms with van der Waals surface area (Å²) in [6.07, 6.45) is 3.73. The molecule has 2 nitrogen and oxygen atoms in total. The Hall–Kier alpha value is -0.660. The molecule has 0 amide bonds. The highest BCUT2D eigenvalue weighted by Crippen LogP contribution is 2.24. The lowest BCUT2D eigenvalue weighted by Gasteiger charge is -2.09. The molecule has 1 aliphatic rings. The van der Waals surface area contributed by atoms with Gasteiger partial charge < -0.3 is 0 Å². The first-order valence-corrected chi connectivity index (χ1v) is 4.76. The van der Waals surface area contributed by atoms with Crippen LogP contribution in [-0.2, 0) is 0 Å². The predicted molar refractivity (Wildman–Crippen MR) is 54.4 cm³/mol. The first-order chi connectivity index (χ1) is 5.79. The molecule has 0 N–H and O–H groups in total. The summed E-state index contributed by atoms with van der Waals surface area (Å²) in [5.41, 5.74) is 2.63. The topological polar surface area (TPSA) is 24.7 Å². The summed E-state index contributed by atoms with van der Waals surface area (Å²) in [6, 6.07) is 0. The molecule has 0 aliphatic heterocycles. The molecule has 1 unspecified atom stereocenters. The van der Waals surface area contributed by atoms with Crippen molar-refractivity contribution in [3.63, 3.8) is 0 Å². The van der Waals surface area contributed by atoms with Crippen molar-refractivity contribution in [3.05, 3.63) is 0 Å². The number of rotatable bonds is 2. The van der Waals surface area contributed by atoms with E-state index in [4.69, 9.17) is 0 Å². The lowest BCUT2D eigenvalue weighted by atomic mass is 10.0. The Labute approximate surface area is 74.8 Å². The Morgan fingerprint density at radius 3 is 2.92 bits per heavy atom. The van der Waals surface area contributed by atoms with Crippen molar-refractivity contribution in [3.8, 4) is 0 Å². The van der Waals surface area contributed by atoms with E-state index in [1.54, 1.807) is 0 Å². The van der Waals surface area contributed by atoms with Gasteiger partial charge in [-0.15, -0.1) is 0 Å². The first-order valence-electron chi connectivity index (χ1n) is 4.76. The van der Waals surface area contributed by atoms with Crippen LogP contribution in [0, 0.1) is 5.92 Å². The zero-order chi connectivity index (χ0) is 8.97. The second-order valence-electron chi connectivity index (χ2n) is 3.28. The van der Waals surface area contributed by atoms with Gasteiger partial charge in [-0.1, -0.05) is 0 Å². The molecule has 1 fully saturated rings. The van der Waals surface area contributed by atoms with Crippen LogP contribution >= 0.6 is 0 Å². The van der Waals surface area contributed by atoms with Crippen molar-refractivity contribution in [1.82, 2.24) is 0 Å². The molecule has 1 saturated carbocycles. The maximum atomic E-state index is 4.51. The maximum absolute atomic E-state index is 4.51. The highest BCUT2D eigenvalue weighted by molar-refractivity contribution is 6.07. The molecule has 12 heavy (non-hydrogen) atoms. The molecule has 1 atom stereocenters. The Bertz CT molecular complexity index is 204. The molecule has 0 spiro atoms. The van der Waals surface area contributed by atoms with Gasteiger partial charge in [0.05, 0.1) is 0 Å². The molecule has 2 heteroatoms. The number of aliphatic imine (C=N–C) groups is 2. The highest BCUT2D eigenvalue weighted by Gasteiger charge is 2.23. The van der Waals surface area contributed by atoms with Crippen molar-refractivity contribution < 1.29 is 0 Å². The van der Waals surface area contributed by atoms with Gasteiger partial charge in [0.15, 0.2) is 0 Å². The van der Waals surface area contributed by atoms with E-state index in [1.807, 2.05) is 7.05 Å². The van der Waals surface area contributed by atoms with Gasteiger partial charge in [-0.25, -0.2) is 0 Å². The van der Waals surface area contributed by atoms with E-state index < -0.39 is 0 Å². The zero-order valence-electron chi connectivity index (χ0n) is 8.30. The molecule has 0 radical (unpaired) electrons. The molecule has 0 aromatic heterocycles. The van der Waals surface area contributed by atoms with Crippen LogP contribution in [0.3, 0.4) is 0 Å². The lowest BCUT2D eigenvalue weighted by Crippen LogP contribution is -2.16. The fraction of sp³-hybridized carbons (Fsp3) is 0.800. The van der Waals surface area contributed by atoms with Crippen molar-refractivity contribution in [2.45, 2.75) is 33.1 Å². The number of hydrogen-bond acceptors (Lipinski definition) is 2. The Kier molecular flexibility index (Phi) is 3.45. The third-order valence-electron chi connectivity index (χ3n) is 2.55. The van der Waals surface area contributed by atoms with E-state index in [0.29, 0.717) is 5.92 Å². The molecular weight excluding hydrogens is 148 g/mol. The molecule has 1 aliphatic carbocycles. The minimum absolute atomic E-state index is 0.565. The van der Waals surface area contributed by atoms with Gasteiger partial charge in [0.25, 0.3) is 0 Å². The molecule has 0 heterocycles. The molecular formula is C10H18N2. The standard InChI is InChI=1S/C10H18N2/c1-4-12-10-7-5-6-9(10)8(2)11-3/h9H,4-7H2,1-3H3. The van der Waals surface area contributed by atoms with Crippen LogP contribution in [0.5, 0.6) is 0 Å². The molecule has 0 aromatic rings. The third-order valence-corrected chi connectivity index (χ3v) is 2.55. The number of hydrogen-bond donors (Lipinski definition) is 0. The summed E-state index contributed by atoms with van der Waals surface area (Å²) in [4.78, 5) is 8.75. The van der Waals surface area contributed by atoms with Crippen LogP contribution in [0.15, 0.2) is 9.98 Å². The van der Waals surface area contributed by atoms with Crippen molar-refractivity contribution >= 4 is 11.4 Å². The van der Waals surface area contributed by atoms with Crippen LogP contribution in [-0.4, -0.2) is 25.0 Å². The minimum atomic E-state index is 0.565. The van der Waals surface area contributed by atoms with E-state index in [1.165, 1.54) is 30.7 Å². The van der Waals surface area contributed by atoms with Gasteiger partial charge >= 0.3 is 0 Å². The van der Waals surface area contributed by atoms with Gasteiger partial charge in [0, 0.05) is 30.9 Å². The lowest BCUT2D eigenvalue weighted by molar-refractivity contribution is 0.808. The average molecular weight is 166 g/mol. The number of nitrogens with zero attached hydrogens (tertiary/aromatic N) is 2. The van der Waals surface area contributed by atoms with E-state index in [2.05, 4.69) is 23.8 Å². The van der Waals surface area contributed by atoms with Crippen molar-refractivity contribution in [2.24, 2.45) is 15.9 Å². The van der Waals surface area contributed by atoms with E-state index in [9.17, 15) is 0 Å².